The highest BCUT2D eigenvalue weighted by Gasteiger charge is 2.07. The molecule has 1 aromatic carbocycles. The van der Waals surface area contributed by atoms with Gasteiger partial charge in [-0.2, -0.15) is 0 Å². The number of ether oxygens (including phenoxy) is 1. The minimum absolute atomic E-state index is 0.0348. The highest BCUT2D eigenvalue weighted by molar-refractivity contribution is 5.66. The summed E-state index contributed by atoms with van der Waals surface area (Å²) >= 11 is 0. The highest BCUT2D eigenvalue weighted by atomic mass is 16.5. The van der Waals surface area contributed by atoms with Crippen molar-refractivity contribution in [3.8, 4) is 0 Å². The van der Waals surface area contributed by atoms with Crippen LogP contribution in [0.25, 0.3) is 0 Å². The van der Waals surface area contributed by atoms with E-state index in [9.17, 15) is 4.79 Å². The lowest BCUT2D eigenvalue weighted by Crippen LogP contribution is -2.25. The van der Waals surface area contributed by atoms with Crippen molar-refractivity contribution >= 4 is 6.09 Å². The van der Waals surface area contributed by atoms with Crippen LogP contribution < -0.4 is 0 Å². The highest BCUT2D eigenvalue weighted by Crippen LogP contribution is 2.07. The third kappa shape index (κ3) is 3.25. The smallest absolute Gasteiger partial charge is 0.409 e. The van der Waals surface area contributed by atoms with E-state index in [1.165, 1.54) is 12.0 Å². The van der Waals surface area contributed by atoms with E-state index in [0.29, 0.717) is 6.54 Å². The Labute approximate surface area is 89.1 Å². The fourth-order valence-electron chi connectivity index (χ4n) is 1.24. The fraction of sp³-hybridized carbons (Fsp3) is 0.364. The van der Waals surface area contributed by atoms with E-state index in [1.807, 2.05) is 24.3 Å². The van der Waals surface area contributed by atoms with Crippen molar-refractivity contribution in [2.24, 2.45) is 0 Å². The molecule has 0 bridgehead atoms. The summed E-state index contributed by atoms with van der Waals surface area (Å²) in [5, 5.41) is 8.85. The summed E-state index contributed by atoms with van der Waals surface area (Å²) in [5.74, 6) is 0. The van der Waals surface area contributed by atoms with Gasteiger partial charge in [-0.1, -0.05) is 24.3 Å². The molecule has 0 aliphatic carbocycles. The Morgan fingerprint density at radius 2 is 1.87 bits per heavy atom. The second-order valence-electron chi connectivity index (χ2n) is 3.30. The maximum absolute atomic E-state index is 11.1. The van der Waals surface area contributed by atoms with E-state index in [0.717, 1.165) is 11.1 Å². The van der Waals surface area contributed by atoms with Gasteiger partial charge in [0.1, 0.15) is 0 Å². The van der Waals surface area contributed by atoms with Crippen LogP contribution in [0.3, 0.4) is 0 Å². The van der Waals surface area contributed by atoms with E-state index in [-0.39, 0.29) is 12.7 Å². The average Bonchev–Trinajstić information content (AvgIpc) is 2.29. The zero-order valence-corrected chi connectivity index (χ0v) is 8.93. The first-order valence-corrected chi connectivity index (χ1v) is 4.65. The van der Waals surface area contributed by atoms with E-state index in [2.05, 4.69) is 4.74 Å². The van der Waals surface area contributed by atoms with E-state index < -0.39 is 0 Å². The quantitative estimate of drug-likeness (QED) is 0.818. The van der Waals surface area contributed by atoms with Gasteiger partial charge in [0, 0.05) is 13.6 Å². The summed E-state index contributed by atoms with van der Waals surface area (Å²) in [6, 6.07) is 7.43. The van der Waals surface area contributed by atoms with Gasteiger partial charge in [-0.3, -0.25) is 0 Å². The zero-order valence-electron chi connectivity index (χ0n) is 8.93. The molecule has 0 unspecified atom stereocenters. The SMILES string of the molecule is COC(=O)N(C)Cc1ccc(CO)cc1. The second-order valence-corrected chi connectivity index (χ2v) is 3.30. The van der Waals surface area contributed by atoms with Crippen molar-refractivity contribution in [3.63, 3.8) is 0 Å². The van der Waals surface area contributed by atoms with Crippen molar-refractivity contribution < 1.29 is 14.6 Å². The normalized spacial score (nSPS) is 9.80. The van der Waals surface area contributed by atoms with E-state index >= 15 is 0 Å². The van der Waals surface area contributed by atoms with Crippen molar-refractivity contribution in [1.82, 2.24) is 4.90 Å². The number of amides is 1. The Balaban J connectivity index is 2.60. The first-order valence-electron chi connectivity index (χ1n) is 4.65. The number of aliphatic hydroxyl groups excluding tert-OH is 1. The lowest BCUT2D eigenvalue weighted by Gasteiger charge is -2.15. The molecule has 1 N–H and O–H groups in total. The standard InChI is InChI=1S/C11H15NO3/c1-12(11(14)15-2)7-9-3-5-10(8-13)6-4-9/h3-6,13H,7-8H2,1-2H3. The lowest BCUT2D eigenvalue weighted by atomic mass is 10.1. The minimum Gasteiger partial charge on any atom is -0.453 e. The Kier molecular flexibility index (Phi) is 4.12. The number of benzene rings is 1. The molecule has 4 nitrogen and oxygen atoms in total. The van der Waals surface area contributed by atoms with Crippen LogP contribution in [-0.2, 0) is 17.9 Å². The molecule has 0 fully saturated rings. The number of carbonyl (C=O) groups excluding carboxylic acids is 1. The van der Waals surface area contributed by atoms with Crippen molar-refractivity contribution in [1.29, 1.82) is 0 Å². The molecule has 1 rings (SSSR count). The number of aliphatic hydroxyl groups is 1. The Bertz CT molecular complexity index is 321. The summed E-state index contributed by atoms with van der Waals surface area (Å²) in [7, 11) is 3.03. The van der Waals surface area contributed by atoms with E-state index in [1.54, 1.807) is 7.05 Å². The maximum atomic E-state index is 11.1. The van der Waals surface area contributed by atoms with Crippen molar-refractivity contribution in [2.45, 2.75) is 13.2 Å². The predicted octanol–water partition coefficient (Wildman–Crippen LogP) is 1.38. The molecule has 0 saturated carbocycles. The maximum Gasteiger partial charge on any atom is 0.409 e. The largest absolute Gasteiger partial charge is 0.453 e. The Hall–Kier alpha value is -1.55. The molecule has 0 spiro atoms. The predicted molar refractivity (Wildman–Crippen MR) is 56.2 cm³/mol. The number of nitrogens with zero attached hydrogens (tertiary/aromatic N) is 1. The topological polar surface area (TPSA) is 49.8 Å². The van der Waals surface area contributed by atoms with Gasteiger partial charge in [-0.05, 0) is 11.1 Å². The van der Waals surface area contributed by atoms with Crippen LogP contribution in [-0.4, -0.2) is 30.3 Å². The number of methoxy groups -OCH3 is 1. The summed E-state index contributed by atoms with van der Waals surface area (Å²) in [6.45, 7) is 0.533. The summed E-state index contributed by atoms with van der Waals surface area (Å²) in [5.41, 5.74) is 1.86. The summed E-state index contributed by atoms with van der Waals surface area (Å²) < 4.78 is 4.58. The van der Waals surface area contributed by atoms with Crippen LogP contribution in [0.15, 0.2) is 24.3 Å². The molecule has 15 heavy (non-hydrogen) atoms. The van der Waals surface area contributed by atoms with Crippen LogP contribution in [0, 0.1) is 0 Å². The Morgan fingerprint density at radius 3 is 2.33 bits per heavy atom. The Morgan fingerprint density at radius 1 is 1.33 bits per heavy atom. The van der Waals surface area contributed by atoms with Crippen LogP contribution >= 0.6 is 0 Å². The molecule has 1 amide bonds. The molecular formula is C11H15NO3. The molecule has 0 radical (unpaired) electrons. The first-order chi connectivity index (χ1) is 7.17. The van der Waals surface area contributed by atoms with Gasteiger partial charge in [-0.15, -0.1) is 0 Å². The molecule has 1 aromatic rings. The van der Waals surface area contributed by atoms with Gasteiger partial charge in [0.15, 0.2) is 0 Å². The third-order valence-electron chi connectivity index (χ3n) is 2.11. The molecule has 0 atom stereocenters. The van der Waals surface area contributed by atoms with Gasteiger partial charge >= 0.3 is 6.09 Å². The summed E-state index contributed by atoms with van der Waals surface area (Å²) in [6.07, 6.45) is -0.360. The zero-order chi connectivity index (χ0) is 11.3. The van der Waals surface area contributed by atoms with Crippen molar-refractivity contribution in [3.05, 3.63) is 35.4 Å². The lowest BCUT2D eigenvalue weighted by molar-refractivity contribution is 0.131. The molecular weight excluding hydrogens is 194 g/mol. The number of hydrogen-bond acceptors (Lipinski definition) is 3. The monoisotopic (exact) mass is 209 g/mol. The van der Waals surface area contributed by atoms with Crippen LogP contribution in [0.1, 0.15) is 11.1 Å². The third-order valence-corrected chi connectivity index (χ3v) is 2.11. The van der Waals surface area contributed by atoms with Crippen LogP contribution in [0.2, 0.25) is 0 Å². The molecule has 0 aromatic heterocycles. The molecule has 4 heteroatoms. The average molecular weight is 209 g/mol. The van der Waals surface area contributed by atoms with Gasteiger partial charge in [-0.25, -0.2) is 4.79 Å². The number of hydrogen-bond donors (Lipinski definition) is 1. The van der Waals surface area contributed by atoms with Crippen molar-refractivity contribution in [2.75, 3.05) is 14.2 Å². The fourth-order valence-corrected chi connectivity index (χ4v) is 1.24. The molecule has 0 heterocycles. The van der Waals surface area contributed by atoms with Gasteiger partial charge in [0.2, 0.25) is 0 Å². The summed E-state index contributed by atoms with van der Waals surface area (Å²) in [4.78, 5) is 12.6. The van der Waals surface area contributed by atoms with Gasteiger partial charge in [0.25, 0.3) is 0 Å². The second kappa shape index (κ2) is 5.36. The van der Waals surface area contributed by atoms with E-state index in [4.69, 9.17) is 5.11 Å². The first kappa shape index (κ1) is 11.5. The minimum atomic E-state index is -0.360. The molecule has 0 saturated heterocycles. The molecule has 0 aliphatic heterocycles. The van der Waals surface area contributed by atoms with Crippen LogP contribution in [0.5, 0.6) is 0 Å². The molecule has 0 aliphatic rings. The van der Waals surface area contributed by atoms with Gasteiger partial charge in [0.05, 0.1) is 13.7 Å². The van der Waals surface area contributed by atoms with Crippen LogP contribution in [0.4, 0.5) is 4.79 Å². The number of rotatable bonds is 3. The number of carbonyl (C=O) groups is 1. The van der Waals surface area contributed by atoms with Gasteiger partial charge < -0.3 is 14.7 Å². The molecule has 82 valence electrons.